The first-order chi connectivity index (χ1) is 9.59. The molecule has 0 bridgehead atoms. The predicted octanol–water partition coefficient (Wildman–Crippen LogP) is 1.46. The van der Waals surface area contributed by atoms with Crippen molar-refractivity contribution in [3.05, 3.63) is 30.3 Å². The molecule has 0 spiro atoms. The molecule has 112 valence electrons. The van der Waals surface area contributed by atoms with E-state index in [-0.39, 0.29) is 12.5 Å². The van der Waals surface area contributed by atoms with E-state index in [4.69, 9.17) is 0 Å². The smallest absolute Gasteiger partial charge is 0.304 e. The quantitative estimate of drug-likeness (QED) is 0.895. The number of nitrogens with zero attached hydrogens (tertiary/aromatic N) is 2. The Morgan fingerprint density at radius 1 is 1.35 bits per heavy atom. The summed E-state index contributed by atoms with van der Waals surface area (Å²) < 4.78 is 28.4. The van der Waals surface area contributed by atoms with E-state index in [0.717, 1.165) is 12.8 Å². The Bertz CT molecular complexity index is 518. The number of aliphatic hydroxyl groups is 1. The molecule has 1 heterocycles. The minimum Gasteiger partial charge on any atom is -0.396 e. The molecule has 1 aliphatic heterocycles. The largest absolute Gasteiger partial charge is 0.396 e. The summed E-state index contributed by atoms with van der Waals surface area (Å²) in [6.07, 6.45) is 1.69. The van der Waals surface area contributed by atoms with Gasteiger partial charge in [-0.05, 0) is 37.8 Å². The SMILES string of the molecule is CCN(c1ccccc1)S(=O)(=O)N1CCCC(CO)C1. The number of para-hydroxylation sites is 1. The average Bonchev–Trinajstić information content (AvgIpc) is 2.49. The van der Waals surface area contributed by atoms with Crippen molar-refractivity contribution in [2.75, 3.05) is 30.5 Å². The molecular weight excluding hydrogens is 276 g/mol. The summed E-state index contributed by atoms with van der Waals surface area (Å²) in [6.45, 7) is 3.21. The highest BCUT2D eigenvalue weighted by Gasteiger charge is 2.32. The Hall–Kier alpha value is -1.11. The molecule has 20 heavy (non-hydrogen) atoms. The number of benzene rings is 1. The van der Waals surface area contributed by atoms with Crippen molar-refractivity contribution in [1.82, 2.24) is 4.31 Å². The summed E-state index contributed by atoms with van der Waals surface area (Å²) in [4.78, 5) is 0. The first-order valence-corrected chi connectivity index (χ1v) is 8.43. The Kier molecular flexibility index (Phi) is 5.01. The molecule has 6 heteroatoms. The summed E-state index contributed by atoms with van der Waals surface area (Å²) in [5.41, 5.74) is 0.682. The van der Waals surface area contributed by atoms with Crippen LogP contribution in [-0.2, 0) is 10.2 Å². The van der Waals surface area contributed by atoms with Gasteiger partial charge in [0.25, 0.3) is 0 Å². The molecule has 5 nitrogen and oxygen atoms in total. The Morgan fingerprint density at radius 3 is 2.65 bits per heavy atom. The number of piperidine rings is 1. The van der Waals surface area contributed by atoms with Crippen molar-refractivity contribution in [3.8, 4) is 0 Å². The zero-order valence-electron chi connectivity index (χ0n) is 11.8. The van der Waals surface area contributed by atoms with Crippen molar-refractivity contribution in [2.24, 2.45) is 5.92 Å². The molecule has 0 aromatic heterocycles. The van der Waals surface area contributed by atoms with E-state index in [1.54, 1.807) is 12.1 Å². The number of anilines is 1. The van der Waals surface area contributed by atoms with E-state index in [1.165, 1.54) is 8.61 Å². The second-order valence-corrected chi connectivity index (χ2v) is 6.91. The predicted molar refractivity (Wildman–Crippen MR) is 79.8 cm³/mol. The minimum atomic E-state index is -3.51. The van der Waals surface area contributed by atoms with Gasteiger partial charge in [-0.3, -0.25) is 4.31 Å². The van der Waals surface area contributed by atoms with E-state index in [1.807, 2.05) is 25.1 Å². The molecule has 1 saturated heterocycles. The van der Waals surface area contributed by atoms with Gasteiger partial charge in [-0.2, -0.15) is 12.7 Å². The zero-order valence-corrected chi connectivity index (χ0v) is 12.6. The van der Waals surface area contributed by atoms with Crippen LogP contribution in [-0.4, -0.2) is 44.1 Å². The Labute approximate surface area is 121 Å². The Morgan fingerprint density at radius 2 is 2.05 bits per heavy atom. The zero-order chi connectivity index (χ0) is 14.6. The second-order valence-electron chi connectivity index (χ2n) is 5.06. The van der Waals surface area contributed by atoms with Crippen LogP contribution in [0.1, 0.15) is 19.8 Å². The fourth-order valence-corrected chi connectivity index (χ4v) is 4.35. The third-order valence-electron chi connectivity index (χ3n) is 3.68. The fraction of sp³-hybridized carbons (Fsp3) is 0.571. The highest BCUT2D eigenvalue weighted by atomic mass is 32.2. The highest BCUT2D eigenvalue weighted by Crippen LogP contribution is 2.24. The van der Waals surface area contributed by atoms with Crippen LogP contribution in [0.3, 0.4) is 0 Å². The Balaban J connectivity index is 2.23. The van der Waals surface area contributed by atoms with Gasteiger partial charge in [-0.15, -0.1) is 0 Å². The molecule has 1 unspecified atom stereocenters. The molecule has 0 amide bonds. The molecule has 1 fully saturated rings. The average molecular weight is 298 g/mol. The van der Waals surface area contributed by atoms with Gasteiger partial charge in [0.1, 0.15) is 0 Å². The van der Waals surface area contributed by atoms with Crippen molar-refractivity contribution in [1.29, 1.82) is 0 Å². The van der Waals surface area contributed by atoms with Crippen LogP contribution in [0.15, 0.2) is 30.3 Å². The molecule has 2 rings (SSSR count). The first-order valence-electron chi connectivity index (χ1n) is 7.03. The van der Waals surface area contributed by atoms with Crippen LogP contribution in [0.5, 0.6) is 0 Å². The molecule has 1 aromatic rings. The highest BCUT2D eigenvalue weighted by molar-refractivity contribution is 7.90. The number of aliphatic hydroxyl groups excluding tert-OH is 1. The van der Waals surface area contributed by atoms with Gasteiger partial charge >= 0.3 is 10.2 Å². The number of hydrogen-bond acceptors (Lipinski definition) is 3. The summed E-state index contributed by atoms with van der Waals surface area (Å²) >= 11 is 0. The molecule has 0 saturated carbocycles. The first kappa shape index (κ1) is 15.3. The summed E-state index contributed by atoms with van der Waals surface area (Å²) in [7, 11) is -3.51. The van der Waals surface area contributed by atoms with Gasteiger partial charge in [0.2, 0.25) is 0 Å². The lowest BCUT2D eigenvalue weighted by Crippen LogP contribution is -2.48. The van der Waals surface area contributed by atoms with Crippen LogP contribution in [0.25, 0.3) is 0 Å². The monoisotopic (exact) mass is 298 g/mol. The maximum absolute atomic E-state index is 12.7. The van der Waals surface area contributed by atoms with Crippen LogP contribution in [0.4, 0.5) is 5.69 Å². The topological polar surface area (TPSA) is 60.9 Å². The maximum atomic E-state index is 12.7. The van der Waals surface area contributed by atoms with Crippen molar-refractivity contribution in [2.45, 2.75) is 19.8 Å². The van der Waals surface area contributed by atoms with Gasteiger partial charge in [0, 0.05) is 26.2 Å². The molecule has 1 atom stereocenters. The van der Waals surface area contributed by atoms with E-state index in [0.29, 0.717) is 25.3 Å². The number of hydrogen-bond donors (Lipinski definition) is 1. The van der Waals surface area contributed by atoms with E-state index < -0.39 is 10.2 Å². The van der Waals surface area contributed by atoms with Crippen molar-refractivity contribution < 1.29 is 13.5 Å². The molecule has 0 aliphatic carbocycles. The fourth-order valence-electron chi connectivity index (χ4n) is 2.60. The van der Waals surface area contributed by atoms with Gasteiger partial charge in [0.15, 0.2) is 0 Å². The van der Waals surface area contributed by atoms with Gasteiger partial charge < -0.3 is 5.11 Å². The summed E-state index contributed by atoms with van der Waals surface area (Å²) in [5, 5.41) is 9.25. The van der Waals surface area contributed by atoms with Gasteiger partial charge in [0.05, 0.1) is 5.69 Å². The molecule has 1 aliphatic rings. The lowest BCUT2D eigenvalue weighted by molar-refractivity contribution is 0.165. The van der Waals surface area contributed by atoms with Gasteiger partial charge in [-0.1, -0.05) is 18.2 Å². The second kappa shape index (κ2) is 6.56. The molecule has 1 N–H and O–H groups in total. The van der Waals surface area contributed by atoms with Crippen LogP contribution < -0.4 is 4.31 Å². The molecular formula is C14H22N2O3S. The summed E-state index contributed by atoms with van der Waals surface area (Å²) in [6, 6.07) is 9.14. The molecule has 0 radical (unpaired) electrons. The number of rotatable bonds is 5. The van der Waals surface area contributed by atoms with E-state index in [2.05, 4.69) is 0 Å². The third kappa shape index (κ3) is 3.13. The van der Waals surface area contributed by atoms with Crippen LogP contribution >= 0.6 is 0 Å². The third-order valence-corrected chi connectivity index (χ3v) is 5.69. The van der Waals surface area contributed by atoms with E-state index in [9.17, 15) is 13.5 Å². The van der Waals surface area contributed by atoms with Crippen LogP contribution in [0, 0.1) is 5.92 Å². The molecule has 1 aromatic carbocycles. The van der Waals surface area contributed by atoms with Gasteiger partial charge in [-0.25, -0.2) is 0 Å². The van der Waals surface area contributed by atoms with E-state index >= 15 is 0 Å². The lowest BCUT2D eigenvalue weighted by atomic mass is 10.0. The van der Waals surface area contributed by atoms with Crippen molar-refractivity contribution >= 4 is 15.9 Å². The van der Waals surface area contributed by atoms with Crippen LogP contribution in [0.2, 0.25) is 0 Å². The summed E-state index contributed by atoms with van der Waals surface area (Å²) in [5.74, 6) is 0.0491. The van der Waals surface area contributed by atoms with Crippen molar-refractivity contribution in [3.63, 3.8) is 0 Å². The normalized spacial score (nSPS) is 20.8. The maximum Gasteiger partial charge on any atom is 0.304 e. The lowest BCUT2D eigenvalue weighted by Gasteiger charge is -2.35. The minimum absolute atomic E-state index is 0.0451. The standard InChI is InChI=1S/C14H22N2O3S/c1-2-16(14-8-4-3-5-9-14)20(18,19)15-10-6-7-13(11-15)12-17/h3-5,8-9,13,17H,2,6-7,10-12H2,1H3.